The van der Waals surface area contributed by atoms with Crippen LogP contribution in [0.3, 0.4) is 0 Å². The van der Waals surface area contributed by atoms with Crippen LogP contribution in [-0.4, -0.2) is 27.7 Å². The van der Waals surface area contributed by atoms with Crippen LogP contribution in [-0.2, 0) is 6.73 Å². The number of amides is 1. The molecule has 0 aliphatic rings. The van der Waals surface area contributed by atoms with Crippen molar-refractivity contribution in [1.82, 2.24) is 9.78 Å². The van der Waals surface area contributed by atoms with Gasteiger partial charge in [0.2, 0.25) is 0 Å². The highest BCUT2D eigenvalue weighted by Crippen LogP contribution is 2.34. The highest BCUT2D eigenvalue weighted by Gasteiger charge is 2.16. The maximum atomic E-state index is 12.7. The van der Waals surface area contributed by atoms with Gasteiger partial charge in [-0.2, -0.15) is 5.10 Å². The summed E-state index contributed by atoms with van der Waals surface area (Å²) in [6, 6.07) is 20.0. The Balaban J connectivity index is 1.49. The molecule has 1 aromatic heterocycles. The van der Waals surface area contributed by atoms with Crippen LogP contribution in [0, 0.1) is 17.0 Å². The lowest BCUT2D eigenvalue weighted by molar-refractivity contribution is -0.384. The topological polar surface area (TPSA) is 118 Å². The highest BCUT2D eigenvalue weighted by atomic mass is 16.6. The zero-order valence-electron chi connectivity index (χ0n) is 19.0. The van der Waals surface area contributed by atoms with Crippen LogP contribution < -0.4 is 19.5 Å². The molecule has 0 aliphatic carbocycles. The van der Waals surface area contributed by atoms with Crippen molar-refractivity contribution in [3.8, 4) is 23.0 Å². The Kier molecular flexibility index (Phi) is 6.91. The highest BCUT2D eigenvalue weighted by molar-refractivity contribution is 6.03. The summed E-state index contributed by atoms with van der Waals surface area (Å²) in [5.74, 6) is 1.18. The Labute approximate surface area is 200 Å². The molecule has 1 heterocycles. The Hall–Kier alpha value is -4.86. The van der Waals surface area contributed by atoms with Crippen LogP contribution in [0.5, 0.6) is 23.0 Å². The summed E-state index contributed by atoms with van der Waals surface area (Å²) < 4.78 is 18.3. The first kappa shape index (κ1) is 23.3. The second-order valence-electron chi connectivity index (χ2n) is 7.46. The van der Waals surface area contributed by atoms with Gasteiger partial charge in [0.25, 0.3) is 11.6 Å². The molecule has 0 fully saturated rings. The van der Waals surface area contributed by atoms with Gasteiger partial charge in [0.05, 0.1) is 23.8 Å². The van der Waals surface area contributed by atoms with E-state index in [9.17, 15) is 14.9 Å². The summed E-state index contributed by atoms with van der Waals surface area (Å²) in [5, 5.41) is 18.3. The first-order valence-corrected chi connectivity index (χ1v) is 10.6. The van der Waals surface area contributed by atoms with E-state index in [1.54, 1.807) is 30.5 Å². The number of aromatic nitrogens is 2. The fraction of sp³-hybridized carbons (Fsp3) is 0.120. The van der Waals surface area contributed by atoms with E-state index in [4.69, 9.17) is 14.2 Å². The zero-order valence-corrected chi connectivity index (χ0v) is 19.0. The molecule has 0 saturated heterocycles. The maximum Gasteiger partial charge on any atom is 0.276 e. The van der Waals surface area contributed by atoms with E-state index < -0.39 is 10.8 Å². The van der Waals surface area contributed by atoms with Crippen molar-refractivity contribution in [3.05, 3.63) is 100 Å². The van der Waals surface area contributed by atoms with E-state index in [2.05, 4.69) is 10.4 Å². The fourth-order valence-electron chi connectivity index (χ4n) is 3.25. The molecular formula is C25H22N4O6. The summed E-state index contributed by atoms with van der Waals surface area (Å²) in [4.78, 5) is 23.6. The largest absolute Gasteiger partial charge is 0.493 e. The monoisotopic (exact) mass is 474 g/mol. The predicted octanol–water partition coefficient (Wildman–Crippen LogP) is 5.19. The number of para-hydroxylation sites is 3. The number of carbonyl (C=O) groups excluding carboxylic acids is 1. The molecule has 10 nitrogen and oxygen atoms in total. The van der Waals surface area contributed by atoms with Crippen LogP contribution >= 0.6 is 0 Å². The van der Waals surface area contributed by atoms with Gasteiger partial charge in [0, 0.05) is 18.3 Å². The van der Waals surface area contributed by atoms with Crippen LogP contribution in [0.1, 0.15) is 16.1 Å². The number of rotatable bonds is 9. The van der Waals surface area contributed by atoms with Crippen LogP contribution in [0.25, 0.3) is 0 Å². The van der Waals surface area contributed by atoms with Crippen LogP contribution in [0.15, 0.2) is 79.0 Å². The van der Waals surface area contributed by atoms with Gasteiger partial charge in [-0.15, -0.1) is 0 Å². The van der Waals surface area contributed by atoms with Crippen LogP contribution in [0.4, 0.5) is 11.4 Å². The van der Waals surface area contributed by atoms with Crippen molar-refractivity contribution in [3.63, 3.8) is 0 Å². The number of non-ortho nitro benzene ring substituents is 1. The smallest absolute Gasteiger partial charge is 0.276 e. The predicted molar refractivity (Wildman–Crippen MR) is 128 cm³/mol. The molecule has 0 atom stereocenters. The van der Waals surface area contributed by atoms with Gasteiger partial charge in [-0.05, 0) is 36.8 Å². The number of hydrogen-bond donors (Lipinski definition) is 1. The number of nitrogens with zero attached hydrogens (tertiary/aromatic N) is 3. The van der Waals surface area contributed by atoms with Gasteiger partial charge in [-0.25, -0.2) is 4.68 Å². The number of ether oxygens (including phenoxy) is 3. The van der Waals surface area contributed by atoms with Crippen molar-refractivity contribution < 1.29 is 23.9 Å². The van der Waals surface area contributed by atoms with E-state index in [1.807, 2.05) is 31.2 Å². The Morgan fingerprint density at radius 1 is 1.03 bits per heavy atom. The van der Waals surface area contributed by atoms with Gasteiger partial charge in [-0.3, -0.25) is 14.9 Å². The van der Waals surface area contributed by atoms with Gasteiger partial charge in [0.1, 0.15) is 11.5 Å². The summed E-state index contributed by atoms with van der Waals surface area (Å²) in [6.07, 6.45) is 1.61. The third-order valence-corrected chi connectivity index (χ3v) is 4.98. The number of nitrogens with one attached hydrogen (secondary N) is 1. The Morgan fingerprint density at radius 2 is 1.74 bits per heavy atom. The van der Waals surface area contributed by atoms with Gasteiger partial charge < -0.3 is 19.5 Å². The number of methoxy groups -OCH3 is 1. The van der Waals surface area contributed by atoms with Crippen LogP contribution in [0.2, 0.25) is 0 Å². The number of nitro benzene ring substituents is 1. The molecule has 0 spiro atoms. The summed E-state index contributed by atoms with van der Waals surface area (Å²) in [5.41, 5.74) is 1.04. The van der Waals surface area contributed by atoms with Crippen molar-refractivity contribution in [2.24, 2.45) is 0 Å². The number of nitro groups is 1. The lowest BCUT2D eigenvalue weighted by Gasteiger charge is -2.11. The lowest BCUT2D eigenvalue weighted by Crippen LogP contribution is -2.14. The molecule has 1 amide bonds. The normalized spacial score (nSPS) is 10.5. The Bertz CT molecular complexity index is 1370. The second-order valence-corrected chi connectivity index (χ2v) is 7.46. The molecule has 35 heavy (non-hydrogen) atoms. The van der Waals surface area contributed by atoms with Crippen molar-refractivity contribution in [1.29, 1.82) is 0 Å². The number of benzene rings is 3. The van der Waals surface area contributed by atoms with Crippen molar-refractivity contribution in [2.75, 3.05) is 12.4 Å². The SMILES string of the molecule is COc1ccccc1Oc1cc(NC(=O)c2ccn(COc3ccccc3C)n2)cc([N+](=O)[O-])c1. The molecule has 0 saturated carbocycles. The molecule has 0 radical (unpaired) electrons. The average molecular weight is 474 g/mol. The van der Waals surface area contributed by atoms with E-state index in [1.165, 1.54) is 36.1 Å². The number of anilines is 1. The quantitative estimate of drug-likeness (QED) is 0.262. The van der Waals surface area contributed by atoms with Crippen molar-refractivity contribution in [2.45, 2.75) is 13.7 Å². The minimum absolute atomic E-state index is 0.117. The number of hydrogen-bond acceptors (Lipinski definition) is 7. The molecule has 1 N–H and O–H groups in total. The molecule has 4 rings (SSSR count). The minimum Gasteiger partial charge on any atom is -0.493 e. The molecule has 10 heteroatoms. The van der Waals surface area contributed by atoms with Gasteiger partial charge >= 0.3 is 0 Å². The van der Waals surface area contributed by atoms with Gasteiger partial charge in [0.15, 0.2) is 23.9 Å². The molecule has 0 bridgehead atoms. The first-order valence-electron chi connectivity index (χ1n) is 10.6. The van der Waals surface area contributed by atoms with E-state index in [0.717, 1.165) is 5.56 Å². The minimum atomic E-state index is -0.567. The molecule has 0 unspecified atom stereocenters. The van der Waals surface area contributed by atoms with E-state index >= 15 is 0 Å². The van der Waals surface area contributed by atoms with E-state index in [-0.39, 0.29) is 29.5 Å². The summed E-state index contributed by atoms with van der Waals surface area (Å²) in [7, 11) is 1.49. The molecule has 0 aliphatic heterocycles. The standard InChI is InChI=1S/C25H22N4O6/c1-17-7-3-4-8-22(17)34-16-28-12-11-21(27-28)25(30)26-18-13-19(29(31)32)15-20(14-18)35-24-10-6-5-9-23(24)33-2/h3-15H,16H2,1-2H3,(H,26,30). The Morgan fingerprint density at radius 3 is 2.46 bits per heavy atom. The number of aryl methyl sites for hydroxylation is 1. The van der Waals surface area contributed by atoms with Gasteiger partial charge in [-0.1, -0.05) is 30.3 Å². The van der Waals surface area contributed by atoms with E-state index in [0.29, 0.717) is 17.2 Å². The molecule has 4 aromatic rings. The van der Waals surface area contributed by atoms with Crippen molar-refractivity contribution >= 4 is 17.3 Å². The lowest BCUT2D eigenvalue weighted by atomic mass is 10.2. The maximum absolute atomic E-state index is 12.7. The second kappa shape index (κ2) is 10.4. The molecular weight excluding hydrogens is 452 g/mol. The average Bonchev–Trinajstić information content (AvgIpc) is 3.33. The summed E-state index contributed by atoms with van der Waals surface area (Å²) in [6.45, 7) is 2.05. The molecule has 3 aromatic carbocycles. The molecule has 178 valence electrons. The summed E-state index contributed by atoms with van der Waals surface area (Å²) >= 11 is 0. The zero-order chi connectivity index (χ0) is 24.8. The number of carbonyl (C=O) groups is 1. The first-order chi connectivity index (χ1) is 16.9. The fourth-order valence-corrected chi connectivity index (χ4v) is 3.25. The third-order valence-electron chi connectivity index (χ3n) is 4.98. The third kappa shape index (κ3) is 5.74.